The van der Waals surface area contributed by atoms with Crippen molar-refractivity contribution < 1.29 is 4.52 Å². The molecule has 2 aromatic heterocycles. The van der Waals surface area contributed by atoms with Crippen LogP contribution in [0.5, 0.6) is 0 Å². The maximum Gasteiger partial charge on any atom is 0.439 e. The van der Waals surface area contributed by atoms with Crippen LogP contribution in [0.2, 0.25) is 5.02 Å². The first-order valence-electron chi connectivity index (χ1n) is 3.44. The number of aromatic amines is 1. The average molecular weight is 198 g/mol. The molecule has 2 aromatic rings. The van der Waals surface area contributed by atoms with E-state index < -0.39 is 5.76 Å². The SMILES string of the molecule is O=c1[nH]c(-c2ncccc2Cl)no1. The standard InChI is InChI=1S/C7H4ClN3O2/c8-4-2-1-3-9-5(4)6-10-7(12)13-11-6/h1-3H,(H,10,11,12). The molecule has 66 valence electrons. The van der Waals surface area contributed by atoms with Gasteiger partial charge >= 0.3 is 5.76 Å². The molecule has 1 N–H and O–H groups in total. The number of pyridine rings is 1. The van der Waals surface area contributed by atoms with Crippen molar-refractivity contribution in [1.82, 2.24) is 15.1 Å². The first kappa shape index (κ1) is 8.00. The lowest BCUT2D eigenvalue weighted by atomic mass is 10.3. The van der Waals surface area contributed by atoms with Gasteiger partial charge in [-0.25, -0.2) is 4.79 Å². The smallest absolute Gasteiger partial charge is 0.296 e. The Labute approximate surface area is 77.4 Å². The fourth-order valence-corrected chi connectivity index (χ4v) is 1.10. The van der Waals surface area contributed by atoms with Crippen LogP contribution < -0.4 is 5.76 Å². The minimum atomic E-state index is -0.628. The first-order chi connectivity index (χ1) is 6.27. The second-order valence-corrected chi connectivity index (χ2v) is 2.68. The molecule has 0 saturated carbocycles. The number of aromatic nitrogens is 3. The summed E-state index contributed by atoms with van der Waals surface area (Å²) in [4.78, 5) is 16.9. The van der Waals surface area contributed by atoms with E-state index in [9.17, 15) is 4.79 Å². The van der Waals surface area contributed by atoms with Gasteiger partial charge in [0.05, 0.1) is 5.02 Å². The van der Waals surface area contributed by atoms with Crippen LogP contribution in [0.4, 0.5) is 0 Å². The van der Waals surface area contributed by atoms with Crippen molar-refractivity contribution in [3.63, 3.8) is 0 Å². The topological polar surface area (TPSA) is 71.8 Å². The molecule has 0 aliphatic heterocycles. The number of halogens is 1. The lowest BCUT2D eigenvalue weighted by Crippen LogP contribution is -1.95. The predicted molar refractivity (Wildman–Crippen MR) is 45.4 cm³/mol. The van der Waals surface area contributed by atoms with Gasteiger partial charge in [0.25, 0.3) is 0 Å². The second-order valence-electron chi connectivity index (χ2n) is 2.28. The summed E-state index contributed by atoms with van der Waals surface area (Å²) in [6, 6.07) is 3.33. The third-order valence-corrected chi connectivity index (χ3v) is 1.73. The Hall–Kier alpha value is -1.62. The van der Waals surface area contributed by atoms with Gasteiger partial charge in [-0.05, 0) is 12.1 Å². The summed E-state index contributed by atoms with van der Waals surface area (Å²) >= 11 is 5.80. The third kappa shape index (κ3) is 1.46. The Morgan fingerprint density at radius 3 is 3.00 bits per heavy atom. The monoisotopic (exact) mass is 197 g/mol. The van der Waals surface area contributed by atoms with E-state index in [4.69, 9.17) is 11.6 Å². The van der Waals surface area contributed by atoms with Gasteiger partial charge in [0, 0.05) is 6.20 Å². The number of hydrogen-bond acceptors (Lipinski definition) is 4. The molecule has 0 saturated heterocycles. The van der Waals surface area contributed by atoms with Gasteiger partial charge in [-0.2, -0.15) is 0 Å². The highest BCUT2D eigenvalue weighted by molar-refractivity contribution is 6.32. The molecule has 0 unspecified atom stereocenters. The van der Waals surface area contributed by atoms with E-state index in [0.717, 1.165) is 0 Å². The predicted octanol–water partition coefficient (Wildman–Crippen LogP) is 1.08. The third-order valence-electron chi connectivity index (χ3n) is 1.42. The van der Waals surface area contributed by atoms with Crippen molar-refractivity contribution in [1.29, 1.82) is 0 Å². The van der Waals surface area contributed by atoms with E-state index >= 15 is 0 Å². The van der Waals surface area contributed by atoms with E-state index in [1.54, 1.807) is 18.3 Å². The van der Waals surface area contributed by atoms with E-state index in [2.05, 4.69) is 19.6 Å². The first-order valence-corrected chi connectivity index (χ1v) is 3.82. The molecule has 0 bridgehead atoms. The largest absolute Gasteiger partial charge is 0.439 e. The molecule has 0 fully saturated rings. The maximum atomic E-state index is 10.6. The zero-order valence-corrected chi connectivity index (χ0v) is 7.08. The lowest BCUT2D eigenvalue weighted by molar-refractivity contribution is 0.387. The highest BCUT2D eigenvalue weighted by atomic mass is 35.5. The minimum Gasteiger partial charge on any atom is -0.296 e. The number of nitrogens with zero attached hydrogens (tertiary/aromatic N) is 2. The summed E-state index contributed by atoms with van der Waals surface area (Å²) in [7, 11) is 0. The van der Waals surface area contributed by atoms with Crippen LogP contribution in [0.3, 0.4) is 0 Å². The molecular weight excluding hydrogens is 194 g/mol. The van der Waals surface area contributed by atoms with Crippen molar-refractivity contribution in [2.75, 3.05) is 0 Å². The molecule has 0 radical (unpaired) electrons. The molecule has 0 aliphatic rings. The van der Waals surface area contributed by atoms with Crippen LogP contribution in [-0.2, 0) is 0 Å². The Morgan fingerprint density at radius 2 is 2.38 bits per heavy atom. The number of nitrogens with one attached hydrogen (secondary N) is 1. The quantitative estimate of drug-likeness (QED) is 0.743. The van der Waals surface area contributed by atoms with Gasteiger partial charge in [-0.3, -0.25) is 14.5 Å². The van der Waals surface area contributed by atoms with Crippen molar-refractivity contribution >= 4 is 11.6 Å². The molecule has 0 atom stereocenters. The Morgan fingerprint density at radius 1 is 1.54 bits per heavy atom. The fraction of sp³-hybridized carbons (Fsp3) is 0. The average Bonchev–Trinajstić information content (AvgIpc) is 2.53. The van der Waals surface area contributed by atoms with Crippen LogP contribution in [-0.4, -0.2) is 15.1 Å². The second kappa shape index (κ2) is 3.02. The zero-order valence-electron chi connectivity index (χ0n) is 6.32. The molecule has 2 rings (SSSR count). The van der Waals surface area contributed by atoms with Crippen LogP contribution >= 0.6 is 11.6 Å². The lowest BCUT2D eigenvalue weighted by Gasteiger charge is -1.94. The van der Waals surface area contributed by atoms with E-state index in [0.29, 0.717) is 10.7 Å². The van der Waals surface area contributed by atoms with Crippen molar-refractivity contribution in [3.8, 4) is 11.5 Å². The highest BCUT2D eigenvalue weighted by Gasteiger charge is 2.08. The van der Waals surface area contributed by atoms with Gasteiger partial charge < -0.3 is 0 Å². The van der Waals surface area contributed by atoms with Crippen molar-refractivity contribution in [2.45, 2.75) is 0 Å². The molecule has 5 nitrogen and oxygen atoms in total. The van der Waals surface area contributed by atoms with Crippen LogP contribution in [0, 0.1) is 0 Å². The van der Waals surface area contributed by atoms with E-state index in [1.165, 1.54) is 0 Å². The molecule has 0 amide bonds. The number of hydrogen-bond donors (Lipinski definition) is 1. The zero-order chi connectivity index (χ0) is 9.26. The molecule has 0 aromatic carbocycles. The molecule has 2 heterocycles. The molecular formula is C7H4ClN3O2. The van der Waals surface area contributed by atoms with Crippen LogP contribution in [0.25, 0.3) is 11.5 Å². The van der Waals surface area contributed by atoms with Gasteiger partial charge in [0.1, 0.15) is 5.69 Å². The van der Waals surface area contributed by atoms with Gasteiger partial charge in [0.2, 0.25) is 5.82 Å². The molecule has 13 heavy (non-hydrogen) atoms. The highest BCUT2D eigenvalue weighted by Crippen LogP contribution is 2.20. The summed E-state index contributed by atoms with van der Waals surface area (Å²) in [5.41, 5.74) is 0.398. The number of H-pyrrole nitrogens is 1. The Bertz CT molecular complexity index is 476. The normalized spacial score (nSPS) is 10.2. The fourth-order valence-electron chi connectivity index (χ4n) is 0.892. The summed E-state index contributed by atoms with van der Waals surface area (Å²) < 4.78 is 4.31. The summed E-state index contributed by atoms with van der Waals surface area (Å²) in [5.74, 6) is -0.396. The van der Waals surface area contributed by atoms with Crippen molar-refractivity contribution in [3.05, 3.63) is 33.9 Å². The molecule has 0 spiro atoms. The molecule has 6 heteroatoms. The minimum absolute atomic E-state index is 0.232. The van der Waals surface area contributed by atoms with E-state index in [-0.39, 0.29) is 5.82 Å². The number of rotatable bonds is 1. The summed E-state index contributed by atoms with van der Waals surface area (Å²) in [5, 5.41) is 3.87. The van der Waals surface area contributed by atoms with Crippen LogP contribution in [0.1, 0.15) is 0 Å². The Balaban J connectivity index is 2.58. The van der Waals surface area contributed by atoms with Gasteiger partial charge in [-0.1, -0.05) is 16.8 Å². The Kier molecular flexibility index (Phi) is 1.86. The summed E-state index contributed by atoms with van der Waals surface area (Å²) in [6.45, 7) is 0. The van der Waals surface area contributed by atoms with E-state index in [1.807, 2.05) is 0 Å². The molecule has 0 aliphatic carbocycles. The summed E-state index contributed by atoms with van der Waals surface area (Å²) in [6.07, 6.45) is 1.55. The maximum absolute atomic E-state index is 10.6. The van der Waals surface area contributed by atoms with Crippen molar-refractivity contribution in [2.24, 2.45) is 0 Å². The van der Waals surface area contributed by atoms with Gasteiger partial charge in [0.15, 0.2) is 0 Å². The van der Waals surface area contributed by atoms with Crippen LogP contribution in [0.15, 0.2) is 27.6 Å². The van der Waals surface area contributed by atoms with Gasteiger partial charge in [-0.15, -0.1) is 0 Å².